The number of hydrogen-bond acceptors (Lipinski definition) is 4. The second-order valence-corrected chi connectivity index (χ2v) is 4.54. The zero-order valence-corrected chi connectivity index (χ0v) is 10.6. The number of carboxylic acid groups (broad SMARTS) is 1. The molecule has 2 aromatic rings. The highest BCUT2D eigenvalue weighted by molar-refractivity contribution is 5.92. The van der Waals surface area contributed by atoms with E-state index in [2.05, 4.69) is 10.3 Å². The summed E-state index contributed by atoms with van der Waals surface area (Å²) in [5, 5.41) is 23.2. The number of rotatable bonds is 5. The van der Waals surface area contributed by atoms with Gasteiger partial charge in [-0.2, -0.15) is 0 Å². The number of carboxylic acids is 1. The molecule has 5 nitrogen and oxygen atoms in total. The van der Waals surface area contributed by atoms with Crippen LogP contribution in [0.5, 0.6) is 5.75 Å². The molecule has 1 atom stereocenters. The first-order valence-corrected chi connectivity index (χ1v) is 6.12. The van der Waals surface area contributed by atoms with Crippen molar-refractivity contribution in [3.8, 4) is 5.75 Å². The zero-order chi connectivity index (χ0) is 13.8. The molecule has 0 aliphatic carbocycles. The van der Waals surface area contributed by atoms with E-state index in [0.717, 1.165) is 10.8 Å². The molecule has 0 aliphatic heterocycles. The second-order valence-electron chi connectivity index (χ2n) is 4.54. The van der Waals surface area contributed by atoms with E-state index in [4.69, 9.17) is 5.11 Å². The van der Waals surface area contributed by atoms with Crippen LogP contribution in [-0.2, 0) is 4.79 Å². The maximum atomic E-state index is 10.5. The lowest BCUT2D eigenvalue weighted by Crippen LogP contribution is -2.17. The quantitative estimate of drug-likeness (QED) is 0.769. The van der Waals surface area contributed by atoms with E-state index in [0.29, 0.717) is 12.2 Å². The lowest BCUT2D eigenvalue weighted by atomic mass is 10.1. The summed E-state index contributed by atoms with van der Waals surface area (Å²) >= 11 is 0. The first-order valence-electron chi connectivity index (χ1n) is 6.12. The van der Waals surface area contributed by atoms with Crippen LogP contribution in [0.1, 0.15) is 19.8 Å². The van der Waals surface area contributed by atoms with E-state index in [1.54, 1.807) is 18.3 Å². The number of phenolic OH excluding ortho intramolecular Hbond substituents is 1. The number of pyridine rings is 1. The molecule has 0 radical (unpaired) electrons. The van der Waals surface area contributed by atoms with Crippen LogP contribution in [0.4, 0.5) is 5.82 Å². The van der Waals surface area contributed by atoms with Crippen LogP contribution in [0.25, 0.3) is 10.8 Å². The van der Waals surface area contributed by atoms with E-state index in [-0.39, 0.29) is 18.2 Å². The summed E-state index contributed by atoms with van der Waals surface area (Å²) in [7, 11) is 0. The van der Waals surface area contributed by atoms with E-state index in [1.807, 2.05) is 19.1 Å². The van der Waals surface area contributed by atoms with Crippen molar-refractivity contribution in [1.82, 2.24) is 4.98 Å². The molecule has 0 aliphatic rings. The molecule has 5 heteroatoms. The predicted molar refractivity (Wildman–Crippen MR) is 73.4 cm³/mol. The average molecular weight is 260 g/mol. The molecule has 2 rings (SSSR count). The fourth-order valence-electron chi connectivity index (χ4n) is 1.92. The Morgan fingerprint density at radius 3 is 2.95 bits per heavy atom. The molecule has 100 valence electrons. The molecule has 19 heavy (non-hydrogen) atoms. The molecule has 3 N–H and O–H groups in total. The third-order valence-electron chi connectivity index (χ3n) is 2.92. The number of aliphatic carboxylic acids is 1. The monoisotopic (exact) mass is 260 g/mol. The minimum Gasteiger partial charge on any atom is -0.508 e. The molecule has 1 unspecified atom stereocenters. The van der Waals surface area contributed by atoms with Gasteiger partial charge in [-0.15, -0.1) is 0 Å². The normalized spacial score (nSPS) is 12.3. The largest absolute Gasteiger partial charge is 0.508 e. The zero-order valence-electron chi connectivity index (χ0n) is 10.6. The summed E-state index contributed by atoms with van der Waals surface area (Å²) in [6.07, 6.45) is 2.32. The Balaban J connectivity index is 2.20. The number of aromatic nitrogens is 1. The van der Waals surface area contributed by atoms with Gasteiger partial charge in [0.05, 0.1) is 0 Å². The summed E-state index contributed by atoms with van der Waals surface area (Å²) in [6.45, 7) is 1.91. The van der Waals surface area contributed by atoms with Crippen molar-refractivity contribution >= 4 is 22.6 Å². The minimum absolute atomic E-state index is 0.00320. The Morgan fingerprint density at radius 2 is 2.21 bits per heavy atom. The number of nitrogens with zero attached hydrogens (tertiary/aromatic N) is 1. The van der Waals surface area contributed by atoms with Crippen LogP contribution in [0.3, 0.4) is 0 Å². The number of hydrogen-bond donors (Lipinski definition) is 3. The molecule has 0 saturated carbocycles. The Hall–Kier alpha value is -2.30. The van der Waals surface area contributed by atoms with Crippen LogP contribution in [0.15, 0.2) is 30.5 Å². The third-order valence-corrected chi connectivity index (χ3v) is 2.92. The van der Waals surface area contributed by atoms with E-state index >= 15 is 0 Å². The summed E-state index contributed by atoms with van der Waals surface area (Å²) in [5.74, 6) is 0.0326. The fraction of sp³-hybridized carbons (Fsp3) is 0.286. The molecule has 1 aromatic carbocycles. The van der Waals surface area contributed by atoms with Crippen LogP contribution < -0.4 is 5.32 Å². The molecule has 0 fully saturated rings. The van der Waals surface area contributed by atoms with E-state index in [9.17, 15) is 9.90 Å². The van der Waals surface area contributed by atoms with Crippen LogP contribution in [-0.4, -0.2) is 27.2 Å². The molecule has 0 spiro atoms. The molecule has 1 heterocycles. The highest BCUT2D eigenvalue weighted by atomic mass is 16.4. The molecule has 0 bridgehead atoms. The molecular formula is C14H16N2O3. The van der Waals surface area contributed by atoms with Crippen molar-refractivity contribution in [3.05, 3.63) is 30.5 Å². The highest BCUT2D eigenvalue weighted by Crippen LogP contribution is 2.25. The predicted octanol–water partition coefficient (Wildman–Crippen LogP) is 2.61. The Bertz CT molecular complexity index is 598. The maximum absolute atomic E-state index is 10.5. The first kappa shape index (κ1) is 13.1. The van der Waals surface area contributed by atoms with Crippen LogP contribution >= 0.6 is 0 Å². The van der Waals surface area contributed by atoms with E-state index < -0.39 is 5.97 Å². The van der Waals surface area contributed by atoms with Crippen molar-refractivity contribution < 1.29 is 15.0 Å². The molecule has 0 saturated heterocycles. The number of benzene rings is 1. The maximum Gasteiger partial charge on any atom is 0.303 e. The number of fused-ring (bicyclic) bond motifs is 1. The van der Waals surface area contributed by atoms with Gasteiger partial charge in [-0.05, 0) is 36.9 Å². The van der Waals surface area contributed by atoms with Crippen LogP contribution in [0, 0.1) is 0 Å². The van der Waals surface area contributed by atoms with Gasteiger partial charge in [0.25, 0.3) is 0 Å². The van der Waals surface area contributed by atoms with Crippen molar-refractivity contribution in [3.63, 3.8) is 0 Å². The smallest absolute Gasteiger partial charge is 0.303 e. The number of aromatic hydroxyl groups is 1. The minimum atomic E-state index is -0.808. The van der Waals surface area contributed by atoms with Gasteiger partial charge in [-0.25, -0.2) is 4.98 Å². The number of carbonyl (C=O) groups is 1. The van der Waals surface area contributed by atoms with Crippen LogP contribution in [0.2, 0.25) is 0 Å². The topological polar surface area (TPSA) is 82.5 Å². The lowest BCUT2D eigenvalue weighted by molar-refractivity contribution is -0.137. The van der Waals surface area contributed by atoms with Crippen molar-refractivity contribution in [2.45, 2.75) is 25.8 Å². The number of phenols is 1. The molecule has 0 amide bonds. The average Bonchev–Trinajstić information content (AvgIpc) is 2.37. The van der Waals surface area contributed by atoms with Gasteiger partial charge in [0.1, 0.15) is 11.6 Å². The molecule has 1 aromatic heterocycles. The first-order chi connectivity index (χ1) is 9.06. The van der Waals surface area contributed by atoms with Crippen molar-refractivity contribution in [2.75, 3.05) is 5.32 Å². The highest BCUT2D eigenvalue weighted by Gasteiger charge is 2.09. The SMILES string of the molecule is CC(CCC(=O)O)Nc1nccc2ccc(O)cc12. The Labute approximate surface area is 110 Å². The molecular weight excluding hydrogens is 244 g/mol. The number of nitrogens with one attached hydrogen (secondary N) is 1. The Kier molecular flexibility index (Phi) is 3.85. The summed E-state index contributed by atoms with van der Waals surface area (Å²) in [6, 6.07) is 6.95. The van der Waals surface area contributed by atoms with Gasteiger partial charge in [-0.1, -0.05) is 6.07 Å². The Morgan fingerprint density at radius 1 is 1.42 bits per heavy atom. The van der Waals surface area contributed by atoms with Gasteiger partial charge in [0, 0.05) is 24.0 Å². The lowest BCUT2D eigenvalue weighted by Gasteiger charge is -2.15. The van der Waals surface area contributed by atoms with Gasteiger partial charge in [0.15, 0.2) is 0 Å². The standard InChI is InChI=1S/C14H16N2O3/c1-9(2-5-13(18)19)16-14-12-8-11(17)4-3-10(12)6-7-15-14/h3-4,6-9,17H,2,5H2,1H3,(H,15,16)(H,18,19). The van der Waals surface area contributed by atoms with Gasteiger partial charge in [-0.3, -0.25) is 4.79 Å². The van der Waals surface area contributed by atoms with Gasteiger partial charge in [0.2, 0.25) is 0 Å². The second kappa shape index (κ2) is 5.56. The van der Waals surface area contributed by atoms with Crippen molar-refractivity contribution in [1.29, 1.82) is 0 Å². The summed E-state index contributed by atoms with van der Waals surface area (Å²) in [4.78, 5) is 14.8. The van der Waals surface area contributed by atoms with Gasteiger partial charge >= 0.3 is 5.97 Å². The van der Waals surface area contributed by atoms with Gasteiger partial charge < -0.3 is 15.5 Å². The third kappa shape index (κ3) is 3.34. The van der Waals surface area contributed by atoms with Crippen molar-refractivity contribution in [2.24, 2.45) is 0 Å². The summed E-state index contributed by atoms with van der Waals surface area (Å²) < 4.78 is 0. The van der Waals surface area contributed by atoms with E-state index in [1.165, 1.54) is 0 Å². The fourth-order valence-corrected chi connectivity index (χ4v) is 1.92. The number of anilines is 1. The summed E-state index contributed by atoms with van der Waals surface area (Å²) in [5.41, 5.74) is 0.